The molecule has 2 aromatic rings. The smallest absolute Gasteiger partial charge is 0.183 e. The highest BCUT2D eigenvalue weighted by atomic mass is 79.9. The lowest BCUT2D eigenvalue weighted by molar-refractivity contribution is 0.509. The molecule has 2 rings (SSSR count). The van der Waals surface area contributed by atoms with Crippen LogP contribution in [0.15, 0.2) is 28.7 Å². The quantitative estimate of drug-likeness (QED) is 0.637. The highest BCUT2D eigenvalue weighted by Gasteiger charge is 2.15. The summed E-state index contributed by atoms with van der Waals surface area (Å²) in [6.07, 6.45) is 0. The molecule has 0 fully saturated rings. The Bertz CT molecular complexity index is 725. The van der Waals surface area contributed by atoms with E-state index >= 15 is 0 Å². The van der Waals surface area contributed by atoms with Gasteiger partial charge in [-0.2, -0.15) is 5.26 Å². The van der Waals surface area contributed by atoms with Gasteiger partial charge in [-0.25, -0.2) is 17.6 Å². The second-order valence-corrected chi connectivity index (χ2v) is 4.63. The summed E-state index contributed by atoms with van der Waals surface area (Å²) in [5, 5.41) is 10.8. The van der Waals surface area contributed by atoms with Gasteiger partial charge in [0.05, 0.1) is 21.4 Å². The Labute approximate surface area is 119 Å². The summed E-state index contributed by atoms with van der Waals surface area (Å²) in [5.41, 5.74) is -1.23. The summed E-state index contributed by atoms with van der Waals surface area (Å²) >= 11 is 2.80. The number of rotatable bonds is 2. The second-order valence-electron chi connectivity index (χ2n) is 3.77. The number of nitrogens with zero attached hydrogens (tertiary/aromatic N) is 1. The van der Waals surface area contributed by atoms with Crippen molar-refractivity contribution in [3.8, 4) is 6.07 Å². The topological polar surface area (TPSA) is 35.8 Å². The molecule has 0 atom stereocenters. The molecular weight excluding hydrogens is 340 g/mol. The number of hydrogen-bond donors (Lipinski definition) is 1. The van der Waals surface area contributed by atoms with E-state index in [1.54, 1.807) is 0 Å². The van der Waals surface area contributed by atoms with E-state index in [4.69, 9.17) is 5.26 Å². The van der Waals surface area contributed by atoms with Crippen LogP contribution in [0.25, 0.3) is 0 Å². The number of anilines is 2. The molecule has 7 heteroatoms. The number of benzene rings is 2. The molecule has 0 bridgehead atoms. The first-order valence-electron chi connectivity index (χ1n) is 5.23. The van der Waals surface area contributed by atoms with Crippen LogP contribution in [0.2, 0.25) is 0 Å². The van der Waals surface area contributed by atoms with Crippen molar-refractivity contribution in [3.05, 3.63) is 57.6 Å². The van der Waals surface area contributed by atoms with Crippen LogP contribution < -0.4 is 5.32 Å². The molecule has 0 saturated heterocycles. The van der Waals surface area contributed by atoms with Crippen molar-refractivity contribution in [2.75, 3.05) is 5.32 Å². The molecule has 0 aliphatic heterocycles. The maximum absolute atomic E-state index is 13.6. The molecular formula is C13H5BrF4N2. The van der Waals surface area contributed by atoms with Crippen molar-refractivity contribution in [2.24, 2.45) is 0 Å². The Hall–Kier alpha value is -2.07. The fourth-order valence-corrected chi connectivity index (χ4v) is 1.81. The summed E-state index contributed by atoms with van der Waals surface area (Å²) in [4.78, 5) is 0. The highest BCUT2D eigenvalue weighted by Crippen LogP contribution is 2.28. The fraction of sp³-hybridized carbons (Fsp3) is 0. The minimum atomic E-state index is -1.35. The highest BCUT2D eigenvalue weighted by molar-refractivity contribution is 9.10. The van der Waals surface area contributed by atoms with E-state index in [0.717, 1.165) is 24.3 Å². The lowest BCUT2D eigenvalue weighted by Gasteiger charge is -2.10. The van der Waals surface area contributed by atoms with Crippen LogP contribution in [0.3, 0.4) is 0 Å². The molecule has 2 nitrogen and oxygen atoms in total. The van der Waals surface area contributed by atoms with Crippen molar-refractivity contribution in [3.63, 3.8) is 0 Å². The Kier molecular flexibility index (Phi) is 3.95. The van der Waals surface area contributed by atoms with Crippen LogP contribution in [0.5, 0.6) is 0 Å². The molecule has 0 aromatic heterocycles. The largest absolute Gasteiger partial charge is 0.351 e. The van der Waals surface area contributed by atoms with E-state index < -0.39 is 34.5 Å². The second kappa shape index (κ2) is 5.51. The van der Waals surface area contributed by atoms with Gasteiger partial charge < -0.3 is 5.32 Å². The first-order valence-corrected chi connectivity index (χ1v) is 6.03. The standard InChI is InChI=1S/C13H5BrF4N2/c14-7-3-9(16)11(4-8(7)15)20-10-2-1-6(5-19)12(17)13(10)18/h1-4,20H. The lowest BCUT2D eigenvalue weighted by Crippen LogP contribution is -2.01. The Morgan fingerprint density at radius 3 is 2.30 bits per heavy atom. The maximum Gasteiger partial charge on any atom is 0.183 e. The number of halogens is 5. The van der Waals surface area contributed by atoms with Crippen molar-refractivity contribution >= 4 is 27.3 Å². The van der Waals surface area contributed by atoms with Gasteiger partial charge in [-0.1, -0.05) is 0 Å². The van der Waals surface area contributed by atoms with Gasteiger partial charge in [0.2, 0.25) is 0 Å². The summed E-state index contributed by atoms with van der Waals surface area (Å²) in [5.74, 6) is -4.30. The monoisotopic (exact) mass is 344 g/mol. The van der Waals surface area contributed by atoms with Crippen LogP contribution in [-0.2, 0) is 0 Å². The third-order valence-corrected chi connectivity index (χ3v) is 3.09. The average Bonchev–Trinajstić information content (AvgIpc) is 2.41. The predicted octanol–water partition coefficient (Wildman–Crippen LogP) is 4.62. The Morgan fingerprint density at radius 1 is 0.950 bits per heavy atom. The summed E-state index contributed by atoms with van der Waals surface area (Å²) in [6.45, 7) is 0. The van der Waals surface area contributed by atoms with Crippen molar-refractivity contribution < 1.29 is 17.6 Å². The number of hydrogen-bond acceptors (Lipinski definition) is 2. The first-order chi connectivity index (χ1) is 9.43. The first kappa shape index (κ1) is 14.3. The fourth-order valence-electron chi connectivity index (χ4n) is 1.50. The van der Waals surface area contributed by atoms with Crippen LogP contribution in [0.1, 0.15) is 5.56 Å². The number of nitrogens with one attached hydrogen (secondary N) is 1. The molecule has 102 valence electrons. The van der Waals surface area contributed by atoms with Crippen molar-refractivity contribution in [1.29, 1.82) is 5.26 Å². The minimum Gasteiger partial charge on any atom is -0.351 e. The average molecular weight is 345 g/mol. The maximum atomic E-state index is 13.6. The van der Waals surface area contributed by atoms with Crippen LogP contribution in [-0.4, -0.2) is 0 Å². The summed E-state index contributed by atoms with van der Waals surface area (Å²) in [6, 6.07) is 5.23. The SMILES string of the molecule is N#Cc1ccc(Nc2cc(F)c(Br)cc2F)c(F)c1F. The molecule has 0 radical (unpaired) electrons. The minimum absolute atomic E-state index is 0.0907. The van der Waals surface area contributed by atoms with Gasteiger partial charge in [0.1, 0.15) is 17.7 Å². The molecule has 0 heterocycles. The Morgan fingerprint density at radius 2 is 1.65 bits per heavy atom. The van der Waals surface area contributed by atoms with Gasteiger partial charge in [0, 0.05) is 6.07 Å². The van der Waals surface area contributed by atoms with Gasteiger partial charge in [-0.3, -0.25) is 0 Å². The summed E-state index contributed by atoms with van der Waals surface area (Å²) in [7, 11) is 0. The molecule has 0 amide bonds. The molecule has 20 heavy (non-hydrogen) atoms. The van der Waals surface area contributed by atoms with E-state index in [0.29, 0.717) is 0 Å². The van der Waals surface area contributed by atoms with Gasteiger partial charge in [-0.05, 0) is 34.1 Å². The van der Waals surface area contributed by atoms with Crippen molar-refractivity contribution in [2.45, 2.75) is 0 Å². The lowest BCUT2D eigenvalue weighted by atomic mass is 10.2. The molecule has 0 unspecified atom stereocenters. The molecule has 2 aromatic carbocycles. The van der Waals surface area contributed by atoms with Crippen LogP contribution in [0.4, 0.5) is 28.9 Å². The van der Waals surface area contributed by atoms with Crippen LogP contribution >= 0.6 is 15.9 Å². The molecule has 1 N–H and O–H groups in total. The van der Waals surface area contributed by atoms with Crippen molar-refractivity contribution in [1.82, 2.24) is 0 Å². The van der Waals surface area contributed by atoms with E-state index in [1.807, 2.05) is 0 Å². The van der Waals surface area contributed by atoms with E-state index in [9.17, 15) is 17.6 Å². The third-order valence-electron chi connectivity index (χ3n) is 2.48. The zero-order chi connectivity index (χ0) is 14.9. The summed E-state index contributed by atoms with van der Waals surface area (Å²) < 4.78 is 53.8. The van der Waals surface area contributed by atoms with E-state index in [2.05, 4.69) is 21.2 Å². The van der Waals surface area contributed by atoms with Crippen LogP contribution in [0, 0.1) is 34.6 Å². The van der Waals surface area contributed by atoms with E-state index in [1.165, 1.54) is 6.07 Å². The predicted molar refractivity (Wildman–Crippen MR) is 68.4 cm³/mol. The van der Waals surface area contributed by atoms with Gasteiger partial charge in [0.25, 0.3) is 0 Å². The Balaban J connectivity index is 2.44. The molecule has 0 aliphatic rings. The van der Waals surface area contributed by atoms with Gasteiger partial charge in [-0.15, -0.1) is 0 Å². The molecule has 0 aliphatic carbocycles. The zero-order valence-electron chi connectivity index (χ0n) is 9.65. The van der Waals surface area contributed by atoms with Gasteiger partial charge >= 0.3 is 0 Å². The third kappa shape index (κ3) is 2.60. The number of nitriles is 1. The molecule has 0 spiro atoms. The normalized spacial score (nSPS) is 10.2. The van der Waals surface area contributed by atoms with E-state index in [-0.39, 0.29) is 10.2 Å². The van der Waals surface area contributed by atoms with Gasteiger partial charge in [0.15, 0.2) is 11.6 Å². The zero-order valence-corrected chi connectivity index (χ0v) is 11.2. The molecule has 0 saturated carbocycles.